The first-order valence-electron chi connectivity index (χ1n) is 9.54. The Bertz CT molecular complexity index is 1210. The Labute approximate surface area is 199 Å². The van der Waals surface area contributed by atoms with Crippen molar-refractivity contribution in [2.75, 3.05) is 19.5 Å². The van der Waals surface area contributed by atoms with Gasteiger partial charge < -0.3 is 24.7 Å². The molecule has 11 heteroatoms. The number of hydrogen-bond donors (Lipinski definition) is 2. The molecule has 0 saturated carbocycles. The van der Waals surface area contributed by atoms with Gasteiger partial charge >= 0.3 is 17.8 Å². The van der Waals surface area contributed by atoms with E-state index >= 15 is 0 Å². The summed E-state index contributed by atoms with van der Waals surface area (Å²) in [5.74, 6) is -2.19. The van der Waals surface area contributed by atoms with Gasteiger partial charge in [0.2, 0.25) is 0 Å². The smallest absolute Gasteiger partial charge is 0.340 e. The number of carbonyl (C=O) groups excluding carboxylic acids is 4. The number of ether oxygens (including phenoxy) is 1. The van der Waals surface area contributed by atoms with Crippen molar-refractivity contribution >= 4 is 58.7 Å². The number of benzene rings is 1. The van der Waals surface area contributed by atoms with Crippen LogP contribution in [0, 0.1) is 0 Å². The van der Waals surface area contributed by atoms with Crippen LogP contribution in [0.15, 0.2) is 51.6 Å². The zero-order valence-electron chi connectivity index (χ0n) is 17.8. The van der Waals surface area contributed by atoms with Crippen molar-refractivity contribution in [3.8, 4) is 0 Å². The minimum atomic E-state index is -0.898. The first-order chi connectivity index (χ1) is 15.6. The molecule has 2 heterocycles. The summed E-state index contributed by atoms with van der Waals surface area (Å²) < 4.78 is 10.4. The Hall–Kier alpha value is -3.56. The van der Waals surface area contributed by atoms with Gasteiger partial charge in [0.1, 0.15) is 11.5 Å². The van der Waals surface area contributed by atoms with Crippen LogP contribution in [-0.4, -0.2) is 42.7 Å². The molecule has 2 N–H and O–H groups in total. The molecule has 1 aromatic heterocycles. The molecule has 1 aliphatic heterocycles. The molecule has 9 nitrogen and oxygen atoms in total. The second-order valence-corrected chi connectivity index (χ2v) is 7.76. The van der Waals surface area contributed by atoms with Crippen molar-refractivity contribution in [1.29, 1.82) is 0 Å². The summed E-state index contributed by atoms with van der Waals surface area (Å²) in [5.41, 5.74) is 1.06. The summed E-state index contributed by atoms with van der Waals surface area (Å²) in [6.45, 7) is 1.56. The molecule has 33 heavy (non-hydrogen) atoms. The fourth-order valence-corrected chi connectivity index (χ4v) is 3.31. The molecular weight excluding hydrogens is 473 g/mol. The van der Waals surface area contributed by atoms with Crippen LogP contribution in [0.25, 0.3) is 6.08 Å². The molecule has 0 fully saturated rings. The molecule has 3 amide bonds. The van der Waals surface area contributed by atoms with Gasteiger partial charge in [-0.25, -0.2) is 4.79 Å². The predicted octanol–water partition coefficient (Wildman–Crippen LogP) is 3.14. The lowest BCUT2D eigenvalue weighted by Gasteiger charge is -2.08. The molecule has 3 rings (SSSR count). The summed E-state index contributed by atoms with van der Waals surface area (Å²) in [7, 11) is 2.78. The van der Waals surface area contributed by atoms with Crippen LogP contribution >= 0.6 is 23.2 Å². The number of allylic oxidation sites excluding steroid dienone is 1. The van der Waals surface area contributed by atoms with Crippen LogP contribution in [0.1, 0.15) is 18.4 Å². The van der Waals surface area contributed by atoms with Gasteiger partial charge in [-0.1, -0.05) is 23.2 Å². The molecule has 172 valence electrons. The highest BCUT2D eigenvalue weighted by molar-refractivity contribution is 6.43. The lowest BCUT2D eigenvalue weighted by Crippen LogP contribution is -2.34. The molecular formula is C22H19Cl2N3O6. The van der Waals surface area contributed by atoms with E-state index in [9.17, 15) is 19.2 Å². The van der Waals surface area contributed by atoms with E-state index in [2.05, 4.69) is 10.6 Å². The Morgan fingerprint density at radius 1 is 1.12 bits per heavy atom. The van der Waals surface area contributed by atoms with Gasteiger partial charge in [0.15, 0.2) is 0 Å². The van der Waals surface area contributed by atoms with Gasteiger partial charge in [-0.15, -0.1) is 0 Å². The molecule has 1 aliphatic rings. The summed E-state index contributed by atoms with van der Waals surface area (Å²) in [4.78, 5) is 50.1. The number of hydrogen-bond acceptors (Lipinski definition) is 6. The average molecular weight is 492 g/mol. The maximum absolute atomic E-state index is 12.5. The third kappa shape index (κ3) is 5.27. The first-order valence-corrected chi connectivity index (χ1v) is 10.3. The zero-order valence-corrected chi connectivity index (χ0v) is 19.3. The quantitative estimate of drug-likeness (QED) is 0.376. The summed E-state index contributed by atoms with van der Waals surface area (Å²) in [6.07, 6.45) is 1.42. The number of nitrogens with one attached hydrogen (secondary N) is 2. The molecule has 0 atom stereocenters. The third-order valence-corrected chi connectivity index (χ3v) is 5.57. The van der Waals surface area contributed by atoms with Crippen molar-refractivity contribution in [1.82, 2.24) is 10.2 Å². The van der Waals surface area contributed by atoms with E-state index in [4.69, 9.17) is 32.4 Å². The minimum absolute atomic E-state index is 0.0800. The fraction of sp³-hybridized carbons (Fsp3) is 0.182. The SMILES string of the molecule is COC(=O)C1=C(C)N(C)C(=O)/C1=C/c1ccc(CNC(=O)C(=O)Nc2ccc(Cl)c(Cl)c2)o1. The van der Waals surface area contributed by atoms with Gasteiger partial charge in [-0.05, 0) is 43.3 Å². The highest BCUT2D eigenvalue weighted by atomic mass is 35.5. The Morgan fingerprint density at radius 2 is 1.85 bits per heavy atom. The lowest BCUT2D eigenvalue weighted by atomic mass is 10.1. The summed E-state index contributed by atoms with van der Waals surface area (Å²) in [5, 5.41) is 5.39. The Kier molecular flexibility index (Phi) is 7.25. The summed E-state index contributed by atoms with van der Waals surface area (Å²) >= 11 is 11.7. The third-order valence-electron chi connectivity index (χ3n) is 4.83. The Morgan fingerprint density at radius 3 is 2.52 bits per heavy atom. The fourth-order valence-electron chi connectivity index (χ4n) is 3.01. The molecule has 0 radical (unpaired) electrons. The van der Waals surface area contributed by atoms with E-state index in [1.807, 2.05) is 0 Å². The minimum Gasteiger partial charge on any atom is -0.465 e. The number of rotatable bonds is 5. The highest BCUT2D eigenvalue weighted by Gasteiger charge is 2.35. The van der Waals surface area contributed by atoms with Crippen molar-refractivity contribution in [2.24, 2.45) is 0 Å². The number of nitrogens with zero attached hydrogens (tertiary/aromatic N) is 1. The summed E-state index contributed by atoms with van der Waals surface area (Å²) in [6, 6.07) is 7.56. The van der Waals surface area contributed by atoms with Gasteiger partial charge in [0, 0.05) is 18.4 Å². The van der Waals surface area contributed by atoms with Crippen molar-refractivity contribution in [3.05, 3.63) is 68.7 Å². The number of anilines is 1. The van der Waals surface area contributed by atoms with Crippen LogP contribution in [0.4, 0.5) is 5.69 Å². The molecule has 0 spiro atoms. The van der Waals surface area contributed by atoms with E-state index in [-0.39, 0.29) is 34.4 Å². The number of amides is 3. The van der Waals surface area contributed by atoms with Gasteiger partial charge in [0.25, 0.3) is 5.91 Å². The van der Waals surface area contributed by atoms with E-state index < -0.39 is 17.8 Å². The van der Waals surface area contributed by atoms with Crippen LogP contribution in [0.3, 0.4) is 0 Å². The number of furan rings is 1. The zero-order chi connectivity index (χ0) is 24.3. The van der Waals surface area contributed by atoms with E-state index in [0.717, 1.165) is 0 Å². The van der Waals surface area contributed by atoms with Crippen LogP contribution < -0.4 is 10.6 Å². The van der Waals surface area contributed by atoms with Crippen molar-refractivity contribution in [3.63, 3.8) is 0 Å². The van der Waals surface area contributed by atoms with Crippen LogP contribution in [-0.2, 0) is 30.5 Å². The number of carbonyl (C=O) groups is 4. The van der Waals surface area contributed by atoms with Crippen molar-refractivity contribution < 1.29 is 28.3 Å². The van der Waals surface area contributed by atoms with Crippen molar-refractivity contribution in [2.45, 2.75) is 13.5 Å². The van der Waals surface area contributed by atoms with Gasteiger partial charge in [-0.3, -0.25) is 14.4 Å². The standard InChI is InChI=1S/C22H19Cl2N3O6/c1-11-18(22(31)32-3)15(21(30)27(11)2)9-13-5-6-14(33-13)10-25-19(28)20(29)26-12-4-7-16(23)17(24)8-12/h4-9H,10H2,1-3H3,(H,25,28)(H,26,29)/b15-9+. The van der Waals surface area contributed by atoms with Crippen LogP contribution in [0.2, 0.25) is 10.0 Å². The highest BCUT2D eigenvalue weighted by Crippen LogP contribution is 2.30. The molecule has 0 bridgehead atoms. The number of esters is 1. The predicted molar refractivity (Wildman–Crippen MR) is 121 cm³/mol. The van der Waals surface area contributed by atoms with E-state index in [0.29, 0.717) is 22.2 Å². The average Bonchev–Trinajstić information content (AvgIpc) is 3.32. The molecule has 0 unspecified atom stereocenters. The Balaban J connectivity index is 1.65. The monoisotopic (exact) mass is 491 g/mol. The van der Waals surface area contributed by atoms with E-state index in [1.165, 1.54) is 36.3 Å². The molecule has 1 aromatic carbocycles. The maximum Gasteiger partial charge on any atom is 0.340 e. The molecule has 2 aromatic rings. The normalized spacial score (nSPS) is 14.6. The second kappa shape index (κ2) is 9.93. The maximum atomic E-state index is 12.5. The topological polar surface area (TPSA) is 118 Å². The van der Waals surface area contributed by atoms with Gasteiger partial charge in [0.05, 0.1) is 34.8 Å². The molecule has 0 saturated heterocycles. The number of likely N-dealkylation sites (N-methyl/N-ethyl adjacent to an activating group) is 1. The van der Waals surface area contributed by atoms with Crippen LogP contribution in [0.5, 0.6) is 0 Å². The second-order valence-electron chi connectivity index (χ2n) is 6.94. The lowest BCUT2D eigenvalue weighted by molar-refractivity contribution is -0.136. The number of methoxy groups -OCH3 is 1. The van der Waals surface area contributed by atoms with E-state index in [1.54, 1.807) is 26.1 Å². The number of halogens is 2. The molecule has 0 aliphatic carbocycles. The largest absolute Gasteiger partial charge is 0.465 e. The first kappa shape index (κ1) is 24.1. The van der Waals surface area contributed by atoms with Gasteiger partial charge in [-0.2, -0.15) is 0 Å².